The highest BCUT2D eigenvalue weighted by molar-refractivity contribution is 7.80. The molecule has 2 aromatic carbocycles. The Morgan fingerprint density at radius 3 is 2.46 bits per heavy atom. The molecule has 0 spiro atoms. The standard InChI is InChI=1S/C26H27ClN4O3S/c1-17(2)25(33)31-14-12-30(13-15-31)21-9-4-3-8-20(21)28-26(35)29-24(32)23-11-10-22(34-23)18-6-5-7-19(27)16-18/h3-11,16-17H,12-15H2,1-2H3,(H2,28,29,32,35). The molecule has 1 aliphatic rings. The molecule has 2 heterocycles. The predicted molar refractivity (Wildman–Crippen MR) is 143 cm³/mol. The fourth-order valence-corrected chi connectivity index (χ4v) is 4.36. The average Bonchev–Trinajstić information content (AvgIpc) is 3.35. The second-order valence-electron chi connectivity index (χ2n) is 8.57. The zero-order valence-electron chi connectivity index (χ0n) is 19.6. The van der Waals surface area contributed by atoms with Crippen LogP contribution in [-0.2, 0) is 4.79 Å². The summed E-state index contributed by atoms with van der Waals surface area (Å²) in [6.45, 7) is 6.61. The van der Waals surface area contributed by atoms with Crippen LogP contribution in [0.3, 0.4) is 0 Å². The molecule has 35 heavy (non-hydrogen) atoms. The van der Waals surface area contributed by atoms with Gasteiger partial charge in [0.25, 0.3) is 5.91 Å². The fourth-order valence-electron chi connectivity index (χ4n) is 3.96. The number of thiocarbonyl (C=S) groups is 1. The minimum Gasteiger partial charge on any atom is -0.451 e. The van der Waals surface area contributed by atoms with Crippen LogP contribution in [0.25, 0.3) is 11.3 Å². The second-order valence-corrected chi connectivity index (χ2v) is 9.41. The van der Waals surface area contributed by atoms with Crippen LogP contribution in [0.1, 0.15) is 24.4 Å². The third-order valence-electron chi connectivity index (χ3n) is 5.74. The van der Waals surface area contributed by atoms with Crippen LogP contribution in [0.4, 0.5) is 11.4 Å². The number of carbonyl (C=O) groups is 2. The number of benzene rings is 2. The molecule has 9 heteroatoms. The summed E-state index contributed by atoms with van der Waals surface area (Å²) in [5, 5.41) is 6.55. The van der Waals surface area contributed by atoms with Crippen molar-refractivity contribution in [1.29, 1.82) is 0 Å². The normalized spacial score (nSPS) is 13.6. The van der Waals surface area contributed by atoms with Crippen molar-refractivity contribution < 1.29 is 14.0 Å². The fraction of sp³-hybridized carbons (Fsp3) is 0.269. The van der Waals surface area contributed by atoms with Gasteiger partial charge in [-0.2, -0.15) is 0 Å². The van der Waals surface area contributed by atoms with E-state index in [1.165, 1.54) is 0 Å². The van der Waals surface area contributed by atoms with Crippen molar-refractivity contribution >= 4 is 52.1 Å². The lowest BCUT2D eigenvalue weighted by molar-refractivity contribution is -0.134. The van der Waals surface area contributed by atoms with Crippen LogP contribution in [-0.4, -0.2) is 48.0 Å². The van der Waals surface area contributed by atoms with E-state index >= 15 is 0 Å². The number of hydrogen-bond acceptors (Lipinski definition) is 5. The number of para-hydroxylation sites is 2. The molecule has 2 amide bonds. The van der Waals surface area contributed by atoms with Gasteiger partial charge in [0.2, 0.25) is 5.91 Å². The van der Waals surface area contributed by atoms with Crippen molar-refractivity contribution in [3.63, 3.8) is 0 Å². The highest BCUT2D eigenvalue weighted by atomic mass is 35.5. The van der Waals surface area contributed by atoms with Crippen LogP contribution >= 0.6 is 23.8 Å². The van der Waals surface area contributed by atoms with Crippen LogP contribution < -0.4 is 15.5 Å². The Hall–Kier alpha value is -3.36. The third kappa shape index (κ3) is 6.01. The minimum absolute atomic E-state index is 0.00720. The Labute approximate surface area is 215 Å². The Morgan fingerprint density at radius 2 is 1.74 bits per heavy atom. The lowest BCUT2D eigenvalue weighted by atomic mass is 10.1. The number of rotatable bonds is 5. The molecule has 2 N–H and O–H groups in total. The molecule has 7 nitrogen and oxygen atoms in total. The summed E-state index contributed by atoms with van der Waals surface area (Å²) in [4.78, 5) is 29.1. The van der Waals surface area contributed by atoms with Gasteiger partial charge >= 0.3 is 0 Å². The summed E-state index contributed by atoms with van der Waals surface area (Å²) in [5.41, 5.74) is 2.52. The van der Waals surface area contributed by atoms with E-state index in [-0.39, 0.29) is 22.7 Å². The van der Waals surface area contributed by atoms with E-state index in [1.54, 1.807) is 24.3 Å². The SMILES string of the molecule is CC(C)C(=O)N1CCN(c2ccccc2NC(=S)NC(=O)c2ccc(-c3cccc(Cl)c3)o2)CC1. The first kappa shape index (κ1) is 24.8. The quantitative estimate of drug-likeness (QED) is 0.469. The second kappa shape index (κ2) is 10.9. The molecule has 0 bridgehead atoms. The van der Waals surface area contributed by atoms with Gasteiger partial charge in [-0.25, -0.2) is 0 Å². The van der Waals surface area contributed by atoms with Crippen molar-refractivity contribution in [3.05, 3.63) is 71.4 Å². The van der Waals surface area contributed by atoms with E-state index in [0.717, 1.165) is 30.0 Å². The maximum atomic E-state index is 12.7. The topological polar surface area (TPSA) is 77.8 Å². The number of nitrogens with one attached hydrogen (secondary N) is 2. The van der Waals surface area contributed by atoms with Gasteiger partial charge in [-0.05, 0) is 48.6 Å². The van der Waals surface area contributed by atoms with E-state index in [1.807, 2.05) is 55.1 Å². The average molecular weight is 511 g/mol. The number of halogens is 1. The van der Waals surface area contributed by atoms with Crippen LogP contribution in [0.5, 0.6) is 0 Å². The summed E-state index contributed by atoms with van der Waals surface area (Å²) in [6, 6.07) is 18.3. The first-order chi connectivity index (χ1) is 16.8. The van der Waals surface area contributed by atoms with Crippen molar-refractivity contribution in [2.24, 2.45) is 5.92 Å². The molecule has 1 fully saturated rings. The molecule has 4 rings (SSSR count). The van der Waals surface area contributed by atoms with Gasteiger partial charge in [0, 0.05) is 42.7 Å². The Kier molecular flexibility index (Phi) is 7.73. The van der Waals surface area contributed by atoms with Crippen LogP contribution in [0, 0.1) is 5.92 Å². The van der Waals surface area contributed by atoms with Gasteiger partial charge in [-0.1, -0.05) is 49.7 Å². The summed E-state index contributed by atoms with van der Waals surface area (Å²) in [6.07, 6.45) is 0. The van der Waals surface area contributed by atoms with Crippen LogP contribution in [0.2, 0.25) is 5.02 Å². The molecule has 0 radical (unpaired) electrons. The maximum Gasteiger partial charge on any atom is 0.293 e. The predicted octanol–water partition coefficient (Wildman–Crippen LogP) is 5.03. The highest BCUT2D eigenvalue weighted by Gasteiger charge is 2.24. The highest BCUT2D eigenvalue weighted by Crippen LogP contribution is 2.27. The Balaban J connectivity index is 1.38. The molecule has 1 saturated heterocycles. The Morgan fingerprint density at radius 1 is 1.00 bits per heavy atom. The van der Waals surface area contributed by atoms with E-state index in [2.05, 4.69) is 15.5 Å². The third-order valence-corrected chi connectivity index (χ3v) is 6.18. The van der Waals surface area contributed by atoms with Gasteiger partial charge < -0.3 is 19.5 Å². The molecule has 1 aromatic heterocycles. The lowest BCUT2D eigenvalue weighted by Crippen LogP contribution is -2.50. The molecule has 0 aliphatic carbocycles. The number of nitrogens with zero attached hydrogens (tertiary/aromatic N) is 2. The number of hydrogen-bond donors (Lipinski definition) is 2. The van der Waals surface area contributed by atoms with Gasteiger partial charge in [-0.15, -0.1) is 0 Å². The molecule has 0 saturated carbocycles. The molecule has 3 aromatic rings. The lowest BCUT2D eigenvalue weighted by Gasteiger charge is -2.37. The monoisotopic (exact) mass is 510 g/mol. The first-order valence-corrected chi connectivity index (χ1v) is 12.2. The molecular formula is C26H27ClN4O3S. The van der Waals surface area contributed by atoms with Crippen molar-refractivity contribution in [1.82, 2.24) is 10.2 Å². The summed E-state index contributed by atoms with van der Waals surface area (Å²) >= 11 is 11.4. The molecule has 182 valence electrons. The van der Waals surface area contributed by atoms with E-state index in [4.69, 9.17) is 28.2 Å². The summed E-state index contributed by atoms with van der Waals surface area (Å²) in [7, 11) is 0. The van der Waals surface area contributed by atoms with Crippen molar-refractivity contribution in [2.75, 3.05) is 36.4 Å². The minimum atomic E-state index is -0.450. The zero-order valence-corrected chi connectivity index (χ0v) is 21.2. The smallest absolute Gasteiger partial charge is 0.293 e. The molecule has 1 aliphatic heterocycles. The first-order valence-electron chi connectivity index (χ1n) is 11.4. The van der Waals surface area contributed by atoms with E-state index in [9.17, 15) is 9.59 Å². The van der Waals surface area contributed by atoms with Crippen molar-refractivity contribution in [2.45, 2.75) is 13.8 Å². The van der Waals surface area contributed by atoms with E-state index in [0.29, 0.717) is 23.9 Å². The largest absolute Gasteiger partial charge is 0.451 e. The molecular weight excluding hydrogens is 484 g/mol. The maximum absolute atomic E-state index is 12.7. The van der Waals surface area contributed by atoms with Crippen LogP contribution in [0.15, 0.2) is 65.1 Å². The van der Waals surface area contributed by atoms with Gasteiger partial charge in [0.15, 0.2) is 10.9 Å². The summed E-state index contributed by atoms with van der Waals surface area (Å²) in [5.74, 6) is 0.401. The number of anilines is 2. The van der Waals surface area contributed by atoms with Gasteiger partial charge in [0.1, 0.15) is 5.76 Å². The molecule has 0 unspecified atom stereocenters. The number of amides is 2. The molecule has 0 atom stereocenters. The number of piperazine rings is 1. The Bertz CT molecular complexity index is 1230. The van der Waals surface area contributed by atoms with E-state index < -0.39 is 5.91 Å². The number of furan rings is 1. The van der Waals surface area contributed by atoms with Gasteiger partial charge in [-0.3, -0.25) is 14.9 Å². The zero-order chi connectivity index (χ0) is 24.9. The van der Waals surface area contributed by atoms with Crippen molar-refractivity contribution in [3.8, 4) is 11.3 Å². The van der Waals surface area contributed by atoms with Gasteiger partial charge in [0.05, 0.1) is 11.4 Å². The number of carbonyl (C=O) groups excluding carboxylic acids is 2. The summed E-state index contributed by atoms with van der Waals surface area (Å²) < 4.78 is 5.70.